The first-order valence-electron chi connectivity index (χ1n) is 9.06. The molecular weight excluding hydrogens is 347 g/mol. The number of β-amino-alcohol motifs (C(OH)–C–C–N with tert-alkyl or cyclic N) is 1. The molecule has 0 radical (unpaired) electrons. The van der Waals surface area contributed by atoms with Gasteiger partial charge in [0, 0.05) is 13.1 Å². The van der Waals surface area contributed by atoms with Crippen LogP contribution in [-0.4, -0.2) is 47.3 Å². The van der Waals surface area contributed by atoms with E-state index in [-0.39, 0.29) is 24.2 Å². The van der Waals surface area contributed by atoms with Crippen molar-refractivity contribution in [3.8, 4) is 5.75 Å². The van der Waals surface area contributed by atoms with Gasteiger partial charge in [-0.15, -0.1) is 0 Å². The Labute approximate surface area is 158 Å². The van der Waals surface area contributed by atoms with Crippen molar-refractivity contribution in [2.45, 2.75) is 32.0 Å². The van der Waals surface area contributed by atoms with Crippen molar-refractivity contribution in [1.29, 1.82) is 0 Å². The van der Waals surface area contributed by atoms with Gasteiger partial charge in [-0.3, -0.25) is 9.69 Å². The SMILES string of the molecule is Cc1ccc(F)c(NC(=O)CN2CC[C@H](Oc3ccccc3)[C@@](C)(O)C2)c1. The van der Waals surface area contributed by atoms with Crippen LogP contribution in [0.3, 0.4) is 0 Å². The molecule has 144 valence electrons. The summed E-state index contributed by atoms with van der Waals surface area (Å²) in [5, 5.41) is 13.4. The first-order valence-corrected chi connectivity index (χ1v) is 9.06. The van der Waals surface area contributed by atoms with Gasteiger partial charge < -0.3 is 15.2 Å². The molecule has 1 heterocycles. The minimum Gasteiger partial charge on any atom is -0.487 e. The molecule has 2 aromatic rings. The van der Waals surface area contributed by atoms with Crippen molar-refractivity contribution >= 4 is 11.6 Å². The molecule has 6 heteroatoms. The Morgan fingerprint density at radius 1 is 1.33 bits per heavy atom. The molecule has 0 spiro atoms. The minimum absolute atomic E-state index is 0.0849. The van der Waals surface area contributed by atoms with Crippen LogP contribution in [0.15, 0.2) is 48.5 Å². The van der Waals surface area contributed by atoms with Crippen LogP contribution in [0.1, 0.15) is 18.9 Å². The number of likely N-dealkylation sites (tertiary alicyclic amines) is 1. The largest absolute Gasteiger partial charge is 0.487 e. The molecule has 2 atom stereocenters. The topological polar surface area (TPSA) is 61.8 Å². The molecule has 0 saturated carbocycles. The van der Waals surface area contributed by atoms with Crippen molar-refractivity contribution in [2.24, 2.45) is 0 Å². The molecule has 1 saturated heterocycles. The van der Waals surface area contributed by atoms with Crippen LogP contribution >= 0.6 is 0 Å². The zero-order chi connectivity index (χ0) is 19.4. The fourth-order valence-corrected chi connectivity index (χ4v) is 3.36. The summed E-state index contributed by atoms with van der Waals surface area (Å²) in [6.07, 6.45) is 0.238. The summed E-state index contributed by atoms with van der Waals surface area (Å²) in [4.78, 5) is 14.2. The third kappa shape index (κ3) is 5.05. The molecular formula is C21H25FN2O3. The van der Waals surface area contributed by atoms with Crippen LogP contribution in [-0.2, 0) is 4.79 Å². The maximum Gasteiger partial charge on any atom is 0.238 e. The zero-order valence-corrected chi connectivity index (χ0v) is 15.6. The van der Waals surface area contributed by atoms with Crippen molar-refractivity contribution < 1.29 is 19.0 Å². The smallest absolute Gasteiger partial charge is 0.238 e. The third-order valence-electron chi connectivity index (χ3n) is 4.73. The predicted octanol–water partition coefficient (Wildman–Crippen LogP) is 2.98. The number of anilines is 1. The second kappa shape index (κ2) is 8.06. The lowest BCUT2D eigenvalue weighted by Crippen LogP contribution is -2.58. The Morgan fingerprint density at radius 3 is 2.78 bits per heavy atom. The number of piperidine rings is 1. The van der Waals surface area contributed by atoms with Gasteiger partial charge in [0.15, 0.2) is 0 Å². The summed E-state index contributed by atoms with van der Waals surface area (Å²) < 4.78 is 19.7. The highest BCUT2D eigenvalue weighted by atomic mass is 19.1. The van der Waals surface area contributed by atoms with Crippen LogP contribution < -0.4 is 10.1 Å². The van der Waals surface area contributed by atoms with E-state index in [9.17, 15) is 14.3 Å². The quantitative estimate of drug-likeness (QED) is 0.847. The van der Waals surface area contributed by atoms with Gasteiger partial charge in [-0.2, -0.15) is 0 Å². The number of para-hydroxylation sites is 1. The molecule has 0 unspecified atom stereocenters. The van der Waals surface area contributed by atoms with Gasteiger partial charge in [0.2, 0.25) is 5.91 Å². The number of hydrogen-bond donors (Lipinski definition) is 2. The highest BCUT2D eigenvalue weighted by molar-refractivity contribution is 5.92. The Hall–Kier alpha value is -2.44. The lowest BCUT2D eigenvalue weighted by Gasteiger charge is -2.42. The number of nitrogens with one attached hydrogen (secondary N) is 1. The molecule has 2 N–H and O–H groups in total. The summed E-state index contributed by atoms with van der Waals surface area (Å²) in [6.45, 7) is 4.54. The molecule has 2 aromatic carbocycles. The molecule has 0 bridgehead atoms. The normalized spacial score (nSPS) is 23.0. The van der Waals surface area contributed by atoms with Gasteiger partial charge in [0.1, 0.15) is 23.3 Å². The summed E-state index contributed by atoms with van der Waals surface area (Å²) in [5.41, 5.74) is -0.0502. The molecule has 27 heavy (non-hydrogen) atoms. The molecule has 1 aliphatic heterocycles. The van der Waals surface area contributed by atoms with Gasteiger partial charge in [-0.05, 0) is 50.1 Å². The first kappa shape index (κ1) is 19.3. The maximum absolute atomic E-state index is 13.8. The molecule has 0 aromatic heterocycles. The number of halogens is 1. The van der Waals surface area contributed by atoms with Crippen LogP contribution in [0, 0.1) is 12.7 Å². The molecule has 3 rings (SSSR count). The molecule has 5 nitrogen and oxygen atoms in total. The fraction of sp³-hybridized carbons (Fsp3) is 0.381. The number of amides is 1. The lowest BCUT2D eigenvalue weighted by atomic mass is 9.91. The van der Waals surface area contributed by atoms with E-state index in [1.54, 1.807) is 19.1 Å². The molecule has 1 fully saturated rings. The van der Waals surface area contributed by atoms with Crippen molar-refractivity contribution in [1.82, 2.24) is 4.90 Å². The van der Waals surface area contributed by atoms with E-state index < -0.39 is 11.4 Å². The van der Waals surface area contributed by atoms with Crippen LogP contribution in [0.5, 0.6) is 5.75 Å². The lowest BCUT2D eigenvalue weighted by molar-refractivity contribution is -0.123. The van der Waals surface area contributed by atoms with Gasteiger partial charge >= 0.3 is 0 Å². The highest BCUT2D eigenvalue weighted by Crippen LogP contribution is 2.26. The summed E-state index contributed by atoms with van der Waals surface area (Å²) >= 11 is 0. The summed E-state index contributed by atoms with van der Waals surface area (Å²) in [5.74, 6) is -0.0578. The average Bonchev–Trinajstić information content (AvgIpc) is 2.61. The van der Waals surface area contributed by atoms with Gasteiger partial charge in [-0.25, -0.2) is 4.39 Å². The highest BCUT2D eigenvalue weighted by Gasteiger charge is 2.40. The van der Waals surface area contributed by atoms with Gasteiger partial charge in [0.05, 0.1) is 12.2 Å². The van der Waals surface area contributed by atoms with Crippen LogP contribution in [0.2, 0.25) is 0 Å². The Morgan fingerprint density at radius 2 is 2.07 bits per heavy atom. The maximum atomic E-state index is 13.8. The molecule has 0 aliphatic carbocycles. The summed E-state index contributed by atoms with van der Waals surface area (Å²) in [6, 6.07) is 14.0. The third-order valence-corrected chi connectivity index (χ3v) is 4.73. The molecule has 1 aliphatic rings. The predicted molar refractivity (Wildman–Crippen MR) is 102 cm³/mol. The van der Waals surface area contributed by atoms with E-state index in [2.05, 4.69) is 5.32 Å². The number of benzene rings is 2. The Balaban J connectivity index is 1.56. The first-order chi connectivity index (χ1) is 12.8. The number of carbonyl (C=O) groups is 1. The number of ether oxygens (including phenoxy) is 1. The van der Waals surface area contributed by atoms with Gasteiger partial charge in [-0.1, -0.05) is 24.3 Å². The standard InChI is InChI=1S/C21H25FN2O3/c1-15-8-9-17(22)18(12-15)23-20(25)13-24-11-10-19(21(2,26)14-24)27-16-6-4-3-5-7-16/h3-9,12,19,26H,10-11,13-14H2,1-2H3,(H,23,25)/t19-,21-/m0/s1. The fourth-order valence-electron chi connectivity index (χ4n) is 3.36. The number of aryl methyl sites for hydroxylation is 1. The number of carbonyl (C=O) groups excluding carboxylic acids is 1. The zero-order valence-electron chi connectivity index (χ0n) is 15.6. The Bertz CT molecular complexity index is 795. The number of aliphatic hydroxyl groups is 1. The number of hydrogen-bond acceptors (Lipinski definition) is 4. The van der Waals surface area contributed by atoms with E-state index in [0.717, 1.165) is 5.56 Å². The van der Waals surface area contributed by atoms with Crippen molar-refractivity contribution in [3.05, 3.63) is 59.9 Å². The van der Waals surface area contributed by atoms with Gasteiger partial charge in [0.25, 0.3) is 0 Å². The van der Waals surface area contributed by atoms with Crippen LogP contribution in [0.4, 0.5) is 10.1 Å². The monoisotopic (exact) mass is 372 g/mol. The van der Waals surface area contributed by atoms with E-state index in [1.165, 1.54) is 6.07 Å². The average molecular weight is 372 g/mol. The van der Waals surface area contributed by atoms with Crippen LogP contribution in [0.25, 0.3) is 0 Å². The van der Waals surface area contributed by atoms with Crippen molar-refractivity contribution in [3.63, 3.8) is 0 Å². The second-order valence-electron chi connectivity index (χ2n) is 7.31. The van der Waals surface area contributed by atoms with E-state index in [4.69, 9.17) is 4.74 Å². The number of rotatable bonds is 5. The van der Waals surface area contributed by atoms with E-state index >= 15 is 0 Å². The van der Waals surface area contributed by atoms with E-state index in [1.807, 2.05) is 42.2 Å². The van der Waals surface area contributed by atoms with Crippen molar-refractivity contribution in [2.75, 3.05) is 25.0 Å². The molecule has 1 amide bonds. The number of nitrogens with zero attached hydrogens (tertiary/aromatic N) is 1. The van der Waals surface area contributed by atoms with E-state index in [0.29, 0.717) is 25.3 Å². The second-order valence-corrected chi connectivity index (χ2v) is 7.31. The Kier molecular flexibility index (Phi) is 5.77. The summed E-state index contributed by atoms with van der Waals surface area (Å²) in [7, 11) is 0. The minimum atomic E-state index is -1.09.